The van der Waals surface area contributed by atoms with Crippen molar-refractivity contribution in [1.82, 2.24) is 25.2 Å². The maximum Gasteiger partial charge on any atom is 0.242 e. The van der Waals surface area contributed by atoms with Crippen molar-refractivity contribution in [3.8, 4) is 0 Å². The summed E-state index contributed by atoms with van der Waals surface area (Å²) in [6, 6.07) is 7.71. The molecule has 0 bridgehead atoms. The van der Waals surface area contributed by atoms with Crippen LogP contribution in [0.25, 0.3) is 0 Å². The van der Waals surface area contributed by atoms with Crippen molar-refractivity contribution in [2.45, 2.75) is 23.8 Å². The van der Waals surface area contributed by atoms with Crippen LogP contribution in [0.15, 0.2) is 51.9 Å². The van der Waals surface area contributed by atoms with Crippen molar-refractivity contribution < 1.29 is 8.42 Å². The molecule has 3 rings (SSSR count). The van der Waals surface area contributed by atoms with E-state index < -0.39 is 10.0 Å². The Morgan fingerprint density at radius 3 is 2.67 bits per heavy atom. The number of guanidine groups is 1. The van der Waals surface area contributed by atoms with Crippen molar-refractivity contribution in [1.29, 1.82) is 0 Å². The van der Waals surface area contributed by atoms with E-state index in [2.05, 4.69) is 47.7 Å². The summed E-state index contributed by atoms with van der Waals surface area (Å²) in [5.74, 6) is 0.659. The SMILES string of the molecule is CN=C(NCCNS(=O)(=O)c1cccnc1)NCC(c1cccs1)N1CCCC1.I. The predicted octanol–water partition coefficient (Wildman–Crippen LogP) is 2.04. The predicted molar refractivity (Wildman–Crippen MR) is 132 cm³/mol. The highest BCUT2D eigenvalue weighted by Crippen LogP contribution is 2.27. The van der Waals surface area contributed by atoms with Gasteiger partial charge in [-0.2, -0.15) is 0 Å². The van der Waals surface area contributed by atoms with Crippen molar-refractivity contribution in [3.63, 3.8) is 0 Å². The summed E-state index contributed by atoms with van der Waals surface area (Å²) >= 11 is 1.78. The molecule has 3 heterocycles. The van der Waals surface area contributed by atoms with Gasteiger partial charge in [0.25, 0.3) is 0 Å². The molecule has 0 amide bonds. The number of aliphatic imine (C=N–C) groups is 1. The van der Waals surface area contributed by atoms with Gasteiger partial charge in [0.1, 0.15) is 4.90 Å². The zero-order valence-electron chi connectivity index (χ0n) is 17.0. The normalized spacial score (nSPS) is 16.1. The van der Waals surface area contributed by atoms with Crippen LogP contribution < -0.4 is 15.4 Å². The number of nitrogens with one attached hydrogen (secondary N) is 3. The van der Waals surface area contributed by atoms with E-state index in [1.54, 1.807) is 30.6 Å². The first kappa shape index (κ1) is 25.0. The molecule has 1 aliphatic heterocycles. The molecule has 2 aromatic heterocycles. The second-order valence-corrected chi connectivity index (χ2v) is 9.49. The fraction of sp³-hybridized carbons (Fsp3) is 0.474. The van der Waals surface area contributed by atoms with Crippen molar-refractivity contribution >= 4 is 51.3 Å². The number of nitrogens with zero attached hydrogens (tertiary/aromatic N) is 3. The number of hydrogen-bond donors (Lipinski definition) is 3. The molecule has 1 aliphatic rings. The van der Waals surface area contributed by atoms with Crippen LogP contribution in [-0.4, -0.2) is 64.0 Å². The third-order valence-electron chi connectivity index (χ3n) is 4.79. The molecular weight excluding hydrogens is 535 g/mol. The lowest BCUT2D eigenvalue weighted by molar-refractivity contribution is 0.249. The van der Waals surface area contributed by atoms with Gasteiger partial charge in [-0.05, 0) is 49.5 Å². The van der Waals surface area contributed by atoms with E-state index in [9.17, 15) is 8.42 Å². The molecule has 1 atom stereocenters. The van der Waals surface area contributed by atoms with Gasteiger partial charge in [-0.3, -0.25) is 14.9 Å². The molecule has 1 fully saturated rings. The molecule has 3 N–H and O–H groups in total. The Balaban J connectivity index is 0.00000320. The topological polar surface area (TPSA) is 98.7 Å². The molecule has 11 heteroatoms. The van der Waals surface area contributed by atoms with E-state index in [1.807, 2.05) is 0 Å². The third kappa shape index (κ3) is 7.15. The fourth-order valence-electron chi connectivity index (χ4n) is 3.31. The molecule has 30 heavy (non-hydrogen) atoms. The van der Waals surface area contributed by atoms with Gasteiger partial charge in [0.2, 0.25) is 10.0 Å². The zero-order chi connectivity index (χ0) is 20.5. The van der Waals surface area contributed by atoms with Gasteiger partial charge in [-0.25, -0.2) is 13.1 Å². The van der Waals surface area contributed by atoms with E-state index in [1.165, 1.54) is 30.0 Å². The lowest BCUT2D eigenvalue weighted by atomic mass is 10.2. The molecule has 0 aliphatic carbocycles. The Kier molecular flexibility index (Phi) is 10.4. The standard InChI is InChI=1S/C19H28N6O2S2.HI/c1-20-19(22-9-10-24-29(26,27)16-6-4-8-21-14-16)23-15-17(18-7-5-13-28-18)25-11-2-3-12-25;/h4-8,13-14,17,24H,2-3,9-12,15H2,1H3,(H2,20,22,23);1H. The van der Waals surface area contributed by atoms with Gasteiger partial charge in [-0.15, -0.1) is 35.3 Å². The number of rotatable bonds is 9. The number of likely N-dealkylation sites (tertiary alicyclic amines) is 1. The van der Waals surface area contributed by atoms with Gasteiger partial charge in [0.15, 0.2) is 5.96 Å². The minimum atomic E-state index is -3.55. The third-order valence-corrected chi connectivity index (χ3v) is 7.21. The number of pyridine rings is 1. The molecule has 1 unspecified atom stereocenters. The van der Waals surface area contributed by atoms with Crippen molar-refractivity contribution in [2.75, 3.05) is 39.8 Å². The van der Waals surface area contributed by atoms with Crippen LogP contribution in [0.5, 0.6) is 0 Å². The maximum absolute atomic E-state index is 12.2. The molecular formula is C19H29IN6O2S2. The summed E-state index contributed by atoms with van der Waals surface area (Å²) in [7, 11) is -1.84. The summed E-state index contributed by atoms with van der Waals surface area (Å²) in [4.78, 5) is 12.1. The molecule has 166 valence electrons. The Morgan fingerprint density at radius 2 is 2.03 bits per heavy atom. The lowest BCUT2D eigenvalue weighted by Gasteiger charge is -2.27. The molecule has 2 aromatic rings. The summed E-state index contributed by atoms with van der Waals surface area (Å²) < 4.78 is 27.0. The largest absolute Gasteiger partial charge is 0.355 e. The number of aromatic nitrogens is 1. The minimum Gasteiger partial charge on any atom is -0.355 e. The molecule has 0 radical (unpaired) electrons. The molecule has 1 saturated heterocycles. The zero-order valence-corrected chi connectivity index (χ0v) is 20.9. The Bertz CT molecular complexity index is 872. The number of sulfonamides is 1. The fourth-order valence-corrected chi connectivity index (χ4v) is 5.17. The van der Waals surface area contributed by atoms with Gasteiger partial charge < -0.3 is 10.6 Å². The smallest absolute Gasteiger partial charge is 0.242 e. The van der Waals surface area contributed by atoms with Gasteiger partial charge >= 0.3 is 0 Å². The minimum absolute atomic E-state index is 0. The van der Waals surface area contributed by atoms with E-state index in [0.29, 0.717) is 18.5 Å². The van der Waals surface area contributed by atoms with E-state index in [4.69, 9.17) is 0 Å². The Labute approximate surface area is 199 Å². The van der Waals surface area contributed by atoms with Gasteiger partial charge in [-0.1, -0.05) is 6.07 Å². The van der Waals surface area contributed by atoms with Crippen LogP contribution in [0.1, 0.15) is 23.8 Å². The van der Waals surface area contributed by atoms with Crippen LogP contribution >= 0.6 is 35.3 Å². The second-order valence-electron chi connectivity index (χ2n) is 6.74. The second kappa shape index (κ2) is 12.5. The first-order valence-corrected chi connectivity index (χ1v) is 12.1. The van der Waals surface area contributed by atoms with Crippen molar-refractivity contribution in [2.24, 2.45) is 4.99 Å². The van der Waals surface area contributed by atoms with E-state index in [0.717, 1.165) is 19.6 Å². The highest BCUT2D eigenvalue weighted by molar-refractivity contribution is 14.0. The van der Waals surface area contributed by atoms with Gasteiger partial charge in [0.05, 0.1) is 6.04 Å². The first-order chi connectivity index (χ1) is 14.1. The molecule has 0 aromatic carbocycles. The Hall–Kier alpha value is -1.28. The van der Waals surface area contributed by atoms with Crippen LogP contribution in [0, 0.1) is 0 Å². The molecule has 8 nitrogen and oxygen atoms in total. The summed E-state index contributed by atoms with van der Waals surface area (Å²) in [5, 5.41) is 8.66. The van der Waals surface area contributed by atoms with E-state index >= 15 is 0 Å². The van der Waals surface area contributed by atoms with Crippen LogP contribution in [0.2, 0.25) is 0 Å². The highest BCUT2D eigenvalue weighted by atomic mass is 127. The monoisotopic (exact) mass is 564 g/mol. The molecule has 0 spiro atoms. The average Bonchev–Trinajstić information content (AvgIpc) is 3.45. The highest BCUT2D eigenvalue weighted by Gasteiger charge is 2.24. The Morgan fingerprint density at radius 1 is 1.23 bits per heavy atom. The number of thiophene rings is 1. The number of halogens is 1. The maximum atomic E-state index is 12.2. The summed E-state index contributed by atoms with van der Waals surface area (Å²) in [6.45, 7) is 3.66. The van der Waals surface area contributed by atoms with E-state index in [-0.39, 0.29) is 35.4 Å². The average molecular weight is 565 g/mol. The number of hydrogen-bond acceptors (Lipinski definition) is 6. The lowest BCUT2D eigenvalue weighted by Crippen LogP contribution is -2.44. The van der Waals surface area contributed by atoms with Crippen LogP contribution in [-0.2, 0) is 10.0 Å². The van der Waals surface area contributed by atoms with Crippen molar-refractivity contribution in [3.05, 3.63) is 46.9 Å². The van der Waals surface area contributed by atoms with Gasteiger partial charge in [0, 0.05) is 44.0 Å². The summed E-state index contributed by atoms with van der Waals surface area (Å²) in [5.41, 5.74) is 0. The summed E-state index contributed by atoms with van der Waals surface area (Å²) in [6.07, 6.45) is 5.36. The molecule has 0 saturated carbocycles. The first-order valence-electron chi connectivity index (χ1n) is 9.72. The van der Waals surface area contributed by atoms with Crippen LogP contribution in [0.4, 0.5) is 0 Å². The quantitative estimate of drug-likeness (QED) is 0.187. The van der Waals surface area contributed by atoms with Crippen LogP contribution in [0.3, 0.4) is 0 Å².